The van der Waals surface area contributed by atoms with Gasteiger partial charge in [-0.25, -0.2) is 9.78 Å². The van der Waals surface area contributed by atoms with Crippen LogP contribution in [0, 0.1) is 0 Å². The number of sulfonamides is 1. The van der Waals surface area contributed by atoms with Crippen molar-refractivity contribution in [1.29, 1.82) is 0 Å². The molecule has 24 heavy (non-hydrogen) atoms. The normalized spacial score (nSPS) is 14.7. The van der Waals surface area contributed by atoms with E-state index in [1.807, 2.05) is 13.8 Å². The Hall–Kier alpha value is -2.35. The van der Waals surface area contributed by atoms with Gasteiger partial charge in [0.15, 0.2) is 5.03 Å². The average Bonchev–Trinajstić information content (AvgIpc) is 3.04. The maximum atomic E-state index is 12.9. The summed E-state index contributed by atoms with van der Waals surface area (Å²) >= 11 is 0. The van der Waals surface area contributed by atoms with Crippen molar-refractivity contribution in [2.75, 3.05) is 10.8 Å². The second kappa shape index (κ2) is 5.94. The van der Waals surface area contributed by atoms with Crippen molar-refractivity contribution >= 4 is 21.7 Å². The van der Waals surface area contributed by atoms with E-state index in [9.17, 15) is 13.2 Å². The van der Waals surface area contributed by atoms with Gasteiger partial charge in [-0.05, 0) is 36.6 Å². The van der Waals surface area contributed by atoms with Gasteiger partial charge in [0, 0.05) is 12.5 Å². The van der Waals surface area contributed by atoms with Gasteiger partial charge in [-0.15, -0.1) is 0 Å². The summed E-state index contributed by atoms with van der Waals surface area (Å²) in [6.45, 7) is 4.22. The lowest BCUT2D eigenvalue weighted by atomic mass is 10.0. The molecule has 0 radical (unpaired) electrons. The zero-order valence-electron chi connectivity index (χ0n) is 13.5. The molecular weight excluding hydrogens is 330 g/mol. The molecule has 1 aromatic heterocycles. The molecular formula is C16H19N3O4S. The first-order chi connectivity index (χ1) is 11.3. The summed E-state index contributed by atoms with van der Waals surface area (Å²) in [6, 6.07) is 4.54. The van der Waals surface area contributed by atoms with Crippen LogP contribution in [0.15, 0.2) is 29.4 Å². The second-order valence-corrected chi connectivity index (χ2v) is 7.95. The van der Waals surface area contributed by atoms with E-state index >= 15 is 0 Å². The number of hydrogen-bond acceptors (Lipinski definition) is 4. The number of aromatic amines is 1. The van der Waals surface area contributed by atoms with Crippen LogP contribution in [0.3, 0.4) is 0 Å². The van der Waals surface area contributed by atoms with Crippen LogP contribution in [0.5, 0.6) is 0 Å². The van der Waals surface area contributed by atoms with Gasteiger partial charge in [-0.2, -0.15) is 8.42 Å². The average molecular weight is 349 g/mol. The summed E-state index contributed by atoms with van der Waals surface area (Å²) in [7, 11) is -3.75. The van der Waals surface area contributed by atoms with Crippen LogP contribution in [0.25, 0.3) is 0 Å². The van der Waals surface area contributed by atoms with E-state index in [1.54, 1.807) is 12.1 Å². The minimum Gasteiger partial charge on any atom is -0.478 e. The van der Waals surface area contributed by atoms with Crippen LogP contribution in [0.4, 0.5) is 5.69 Å². The van der Waals surface area contributed by atoms with Crippen LogP contribution in [-0.4, -0.2) is 36.0 Å². The third-order valence-electron chi connectivity index (χ3n) is 4.09. The molecule has 0 amide bonds. The number of anilines is 1. The van der Waals surface area contributed by atoms with E-state index in [0.29, 0.717) is 30.9 Å². The number of fused-ring (bicyclic) bond motifs is 1. The number of nitrogens with zero attached hydrogens (tertiary/aromatic N) is 2. The molecule has 0 saturated carbocycles. The predicted octanol–water partition coefficient (Wildman–Crippen LogP) is 2.37. The number of aryl methyl sites for hydroxylation is 1. The van der Waals surface area contributed by atoms with E-state index < -0.39 is 16.0 Å². The lowest BCUT2D eigenvalue weighted by molar-refractivity contribution is 0.0696. The van der Waals surface area contributed by atoms with E-state index in [1.165, 1.54) is 16.6 Å². The zero-order chi connectivity index (χ0) is 17.5. The molecule has 0 unspecified atom stereocenters. The van der Waals surface area contributed by atoms with Crippen LogP contribution >= 0.6 is 0 Å². The number of nitrogens with one attached hydrogen (secondary N) is 1. The number of H-pyrrole nitrogens is 1. The molecule has 0 bridgehead atoms. The van der Waals surface area contributed by atoms with Gasteiger partial charge in [0.25, 0.3) is 10.0 Å². The molecule has 0 saturated heterocycles. The second-order valence-electron chi connectivity index (χ2n) is 6.12. The van der Waals surface area contributed by atoms with E-state index in [4.69, 9.17) is 5.11 Å². The number of carbonyl (C=O) groups is 1. The van der Waals surface area contributed by atoms with Crippen molar-refractivity contribution in [3.63, 3.8) is 0 Å². The van der Waals surface area contributed by atoms with E-state index in [-0.39, 0.29) is 16.5 Å². The first kappa shape index (κ1) is 16.5. The Morgan fingerprint density at radius 2 is 2.12 bits per heavy atom. The molecule has 7 nitrogen and oxygen atoms in total. The molecule has 1 aliphatic rings. The number of carboxylic acids is 1. The summed E-state index contributed by atoms with van der Waals surface area (Å²) < 4.78 is 27.2. The minimum absolute atomic E-state index is 0.0568. The van der Waals surface area contributed by atoms with Gasteiger partial charge in [-0.1, -0.05) is 13.8 Å². The molecule has 0 fully saturated rings. The fourth-order valence-corrected chi connectivity index (χ4v) is 4.27. The molecule has 0 atom stereocenters. The van der Waals surface area contributed by atoms with Crippen LogP contribution < -0.4 is 4.31 Å². The van der Waals surface area contributed by atoms with Gasteiger partial charge >= 0.3 is 5.97 Å². The van der Waals surface area contributed by atoms with Crippen LogP contribution in [-0.2, 0) is 16.4 Å². The minimum atomic E-state index is -3.75. The number of rotatable bonds is 4. The highest BCUT2D eigenvalue weighted by Gasteiger charge is 2.31. The van der Waals surface area contributed by atoms with Crippen molar-refractivity contribution in [2.24, 2.45) is 0 Å². The first-order valence-corrected chi connectivity index (χ1v) is 9.18. The highest BCUT2D eigenvalue weighted by atomic mass is 32.2. The Morgan fingerprint density at radius 3 is 2.75 bits per heavy atom. The monoisotopic (exact) mass is 349 g/mol. The molecule has 128 valence electrons. The quantitative estimate of drug-likeness (QED) is 0.882. The largest absolute Gasteiger partial charge is 0.478 e. The Balaban J connectivity index is 2.02. The third kappa shape index (κ3) is 2.77. The van der Waals surface area contributed by atoms with Crippen LogP contribution in [0.2, 0.25) is 0 Å². The highest BCUT2D eigenvalue weighted by Crippen LogP contribution is 2.32. The Bertz CT molecular complexity index is 886. The van der Waals surface area contributed by atoms with Gasteiger partial charge in [0.2, 0.25) is 0 Å². The topological polar surface area (TPSA) is 103 Å². The van der Waals surface area contributed by atoms with Crippen LogP contribution in [0.1, 0.15) is 47.9 Å². The lowest BCUT2D eigenvalue weighted by Crippen LogP contribution is -2.35. The predicted molar refractivity (Wildman–Crippen MR) is 88.9 cm³/mol. The van der Waals surface area contributed by atoms with Gasteiger partial charge in [0.1, 0.15) is 5.82 Å². The Morgan fingerprint density at radius 1 is 1.38 bits per heavy atom. The van der Waals surface area contributed by atoms with E-state index in [2.05, 4.69) is 9.97 Å². The summed E-state index contributed by atoms with van der Waals surface area (Å²) in [5, 5.41) is 9.16. The Labute approximate surface area is 140 Å². The molecule has 0 aliphatic carbocycles. The molecule has 2 heterocycles. The SMILES string of the molecule is CC(C)c1ncc(S(=O)(=O)N2CCCc3cc(C(=O)O)ccc32)[nH]1. The standard InChI is InChI=1S/C16H19N3O4S/c1-10(2)15-17-9-14(18-15)24(22,23)19-7-3-4-11-8-12(16(20)21)5-6-13(11)19/h5-6,8-10H,3-4,7H2,1-2H3,(H,17,18)(H,20,21). The number of aromatic carboxylic acids is 1. The highest BCUT2D eigenvalue weighted by molar-refractivity contribution is 7.92. The maximum absolute atomic E-state index is 12.9. The fourth-order valence-electron chi connectivity index (χ4n) is 2.81. The smallest absolute Gasteiger partial charge is 0.335 e. The fraction of sp³-hybridized carbons (Fsp3) is 0.375. The number of benzene rings is 1. The Kier molecular flexibility index (Phi) is 4.08. The number of aromatic nitrogens is 2. The maximum Gasteiger partial charge on any atom is 0.335 e. The summed E-state index contributed by atoms with van der Waals surface area (Å²) in [5.74, 6) is -0.305. The van der Waals surface area contributed by atoms with Crippen molar-refractivity contribution in [3.8, 4) is 0 Å². The molecule has 1 aromatic carbocycles. The molecule has 3 rings (SSSR count). The molecule has 1 aliphatic heterocycles. The molecule has 8 heteroatoms. The zero-order valence-corrected chi connectivity index (χ0v) is 14.3. The number of hydrogen-bond donors (Lipinski definition) is 2. The molecule has 2 N–H and O–H groups in total. The third-order valence-corrected chi connectivity index (χ3v) is 5.81. The van der Waals surface area contributed by atoms with Gasteiger partial charge in [0.05, 0.1) is 17.4 Å². The summed E-state index contributed by atoms with van der Waals surface area (Å²) in [6.07, 6.45) is 2.63. The molecule has 2 aromatic rings. The van der Waals surface area contributed by atoms with Gasteiger partial charge in [-0.3, -0.25) is 4.31 Å². The van der Waals surface area contributed by atoms with Crippen molar-refractivity contribution < 1.29 is 18.3 Å². The summed E-state index contributed by atoms with van der Waals surface area (Å²) in [4.78, 5) is 18.1. The first-order valence-electron chi connectivity index (χ1n) is 7.74. The van der Waals surface area contributed by atoms with E-state index in [0.717, 1.165) is 5.56 Å². The lowest BCUT2D eigenvalue weighted by Gasteiger charge is -2.30. The molecule has 0 spiro atoms. The number of carboxylic acid groups (broad SMARTS) is 1. The van der Waals surface area contributed by atoms with Gasteiger partial charge < -0.3 is 10.1 Å². The van der Waals surface area contributed by atoms with Crippen molar-refractivity contribution in [3.05, 3.63) is 41.3 Å². The summed E-state index contributed by atoms with van der Waals surface area (Å²) in [5.41, 5.74) is 1.43. The number of imidazole rings is 1. The van der Waals surface area contributed by atoms with Crippen molar-refractivity contribution in [1.82, 2.24) is 9.97 Å². The van der Waals surface area contributed by atoms with Crippen molar-refractivity contribution in [2.45, 2.75) is 37.6 Å².